The number of hydrogen-bond acceptors (Lipinski definition) is 3. The third kappa shape index (κ3) is 3.90. The number of benzene rings is 2. The third-order valence-corrected chi connectivity index (χ3v) is 4.85. The molecule has 1 unspecified atom stereocenters. The van der Waals surface area contributed by atoms with Gasteiger partial charge in [0, 0.05) is 19.6 Å². The van der Waals surface area contributed by atoms with Crippen molar-refractivity contribution in [2.24, 2.45) is 0 Å². The lowest BCUT2D eigenvalue weighted by molar-refractivity contribution is -0.0329. The SMILES string of the molecule is O=C(O)c1ccccc1CN1CCOC(c2ccc(Cl)c(Cl)c2)C1. The molecule has 0 aliphatic carbocycles. The molecule has 0 amide bonds. The Bertz CT molecular complexity index is 751. The normalized spacial score (nSPS) is 18.5. The highest BCUT2D eigenvalue weighted by molar-refractivity contribution is 6.42. The molecule has 0 aromatic heterocycles. The highest BCUT2D eigenvalue weighted by atomic mass is 35.5. The number of aromatic carboxylic acids is 1. The Hall–Kier alpha value is -1.59. The van der Waals surface area contributed by atoms with Crippen LogP contribution >= 0.6 is 23.2 Å². The highest BCUT2D eigenvalue weighted by Crippen LogP contribution is 2.29. The Morgan fingerprint density at radius 1 is 1.21 bits per heavy atom. The molecule has 24 heavy (non-hydrogen) atoms. The molecule has 0 saturated carbocycles. The smallest absolute Gasteiger partial charge is 0.336 e. The van der Waals surface area contributed by atoms with Crippen molar-refractivity contribution in [1.29, 1.82) is 0 Å². The number of rotatable bonds is 4. The number of morpholine rings is 1. The average molecular weight is 366 g/mol. The van der Waals surface area contributed by atoms with Gasteiger partial charge in [0.05, 0.1) is 28.3 Å². The molecular formula is C18H17Cl2NO3. The summed E-state index contributed by atoms with van der Waals surface area (Å²) in [5.74, 6) is -0.903. The summed E-state index contributed by atoms with van der Waals surface area (Å²) < 4.78 is 5.84. The lowest BCUT2D eigenvalue weighted by Crippen LogP contribution is -2.38. The van der Waals surface area contributed by atoms with Crippen LogP contribution in [0.4, 0.5) is 0 Å². The van der Waals surface area contributed by atoms with Gasteiger partial charge < -0.3 is 9.84 Å². The molecule has 1 aliphatic heterocycles. The van der Waals surface area contributed by atoms with Gasteiger partial charge in [0.2, 0.25) is 0 Å². The van der Waals surface area contributed by atoms with Crippen molar-refractivity contribution in [3.63, 3.8) is 0 Å². The van der Waals surface area contributed by atoms with Crippen LogP contribution in [0.15, 0.2) is 42.5 Å². The molecule has 2 aromatic carbocycles. The summed E-state index contributed by atoms with van der Waals surface area (Å²) in [4.78, 5) is 13.5. The molecule has 126 valence electrons. The fourth-order valence-electron chi connectivity index (χ4n) is 2.87. The minimum absolute atomic E-state index is 0.106. The van der Waals surface area contributed by atoms with Gasteiger partial charge in [0.15, 0.2) is 0 Å². The number of hydrogen-bond donors (Lipinski definition) is 1. The molecule has 6 heteroatoms. The van der Waals surface area contributed by atoms with E-state index in [1.165, 1.54) is 0 Å². The van der Waals surface area contributed by atoms with Gasteiger partial charge in [0.1, 0.15) is 0 Å². The summed E-state index contributed by atoms with van der Waals surface area (Å²) in [5, 5.41) is 10.3. The second kappa shape index (κ2) is 7.53. The van der Waals surface area contributed by atoms with Crippen molar-refractivity contribution >= 4 is 29.2 Å². The molecule has 0 bridgehead atoms. The van der Waals surface area contributed by atoms with Crippen molar-refractivity contribution in [2.75, 3.05) is 19.7 Å². The monoisotopic (exact) mass is 365 g/mol. The summed E-state index contributed by atoms with van der Waals surface area (Å²) >= 11 is 12.1. The van der Waals surface area contributed by atoms with Crippen LogP contribution in [0.25, 0.3) is 0 Å². The maximum absolute atomic E-state index is 11.3. The third-order valence-electron chi connectivity index (χ3n) is 4.11. The first-order valence-electron chi connectivity index (χ1n) is 7.64. The molecule has 1 heterocycles. The van der Waals surface area contributed by atoms with E-state index in [-0.39, 0.29) is 6.10 Å². The van der Waals surface area contributed by atoms with Crippen molar-refractivity contribution in [2.45, 2.75) is 12.6 Å². The lowest BCUT2D eigenvalue weighted by Gasteiger charge is -2.33. The predicted octanol–water partition coefficient (Wildman–Crippen LogP) is 4.27. The van der Waals surface area contributed by atoms with Crippen LogP contribution in [0.3, 0.4) is 0 Å². The number of carboxylic acid groups (broad SMARTS) is 1. The predicted molar refractivity (Wildman–Crippen MR) is 93.8 cm³/mol. The number of carbonyl (C=O) groups is 1. The molecular weight excluding hydrogens is 349 g/mol. The highest BCUT2D eigenvalue weighted by Gasteiger charge is 2.23. The minimum atomic E-state index is -0.903. The minimum Gasteiger partial charge on any atom is -0.478 e. The fourth-order valence-corrected chi connectivity index (χ4v) is 3.17. The van der Waals surface area contributed by atoms with Crippen molar-refractivity contribution in [3.05, 3.63) is 69.2 Å². The fraction of sp³-hybridized carbons (Fsp3) is 0.278. The van der Waals surface area contributed by atoms with E-state index in [2.05, 4.69) is 4.90 Å². The summed E-state index contributed by atoms with van der Waals surface area (Å²) in [6, 6.07) is 12.6. The number of carboxylic acids is 1. The maximum atomic E-state index is 11.3. The van der Waals surface area contributed by atoms with Crippen LogP contribution in [-0.2, 0) is 11.3 Å². The van der Waals surface area contributed by atoms with Crippen LogP contribution in [0.1, 0.15) is 27.6 Å². The molecule has 3 rings (SSSR count). The van der Waals surface area contributed by atoms with Gasteiger partial charge in [-0.2, -0.15) is 0 Å². The van der Waals surface area contributed by atoms with E-state index >= 15 is 0 Å². The van der Waals surface area contributed by atoms with Gasteiger partial charge in [-0.25, -0.2) is 4.79 Å². The molecule has 1 fully saturated rings. The van der Waals surface area contributed by atoms with Crippen LogP contribution in [-0.4, -0.2) is 35.7 Å². The van der Waals surface area contributed by atoms with Gasteiger partial charge in [-0.1, -0.05) is 47.5 Å². The Balaban J connectivity index is 1.74. The number of nitrogens with zero attached hydrogens (tertiary/aromatic N) is 1. The zero-order chi connectivity index (χ0) is 17.1. The van der Waals surface area contributed by atoms with E-state index in [9.17, 15) is 9.90 Å². The molecule has 1 aliphatic rings. The van der Waals surface area contributed by atoms with Crippen molar-refractivity contribution in [1.82, 2.24) is 4.90 Å². The summed E-state index contributed by atoms with van der Waals surface area (Å²) in [7, 11) is 0. The Morgan fingerprint density at radius 3 is 2.75 bits per heavy atom. The van der Waals surface area contributed by atoms with E-state index in [0.717, 1.165) is 17.7 Å². The molecule has 1 N–H and O–H groups in total. The second-order valence-electron chi connectivity index (χ2n) is 5.73. The zero-order valence-electron chi connectivity index (χ0n) is 12.9. The number of halogens is 2. The van der Waals surface area contributed by atoms with Gasteiger partial charge in [0.25, 0.3) is 0 Å². The lowest BCUT2D eigenvalue weighted by atomic mass is 10.0. The molecule has 2 aromatic rings. The largest absolute Gasteiger partial charge is 0.478 e. The van der Waals surface area contributed by atoms with E-state index in [1.54, 1.807) is 18.2 Å². The van der Waals surface area contributed by atoms with E-state index in [4.69, 9.17) is 27.9 Å². The Kier molecular flexibility index (Phi) is 5.41. The van der Waals surface area contributed by atoms with Crippen LogP contribution in [0, 0.1) is 0 Å². The van der Waals surface area contributed by atoms with Crippen molar-refractivity contribution < 1.29 is 14.6 Å². The molecule has 1 atom stereocenters. The second-order valence-corrected chi connectivity index (χ2v) is 6.54. The average Bonchev–Trinajstić information content (AvgIpc) is 2.58. The van der Waals surface area contributed by atoms with Crippen LogP contribution in [0.2, 0.25) is 10.0 Å². The maximum Gasteiger partial charge on any atom is 0.336 e. The first-order valence-corrected chi connectivity index (χ1v) is 8.40. The first-order chi connectivity index (χ1) is 11.5. The van der Waals surface area contributed by atoms with Crippen molar-refractivity contribution in [3.8, 4) is 0 Å². The van der Waals surface area contributed by atoms with Gasteiger partial charge in [-0.15, -0.1) is 0 Å². The van der Waals surface area contributed by atoms with Crippen LogP contribution in [0.5, 0.6) is 0 Å². The quantitative estimate of drug-likeness (QED) is 0.878. The van der Waals surface area contributed by atoms with Gasteiger partial charge in [-0.3, -0.25) is 4.90 Å². The van der Waals surface area contributed by atoms with E-state index in [1.807, 2.05) is 24.3 Å². The standard InChI is InChI=1S/C18H17Cl2NO3/c19-15-6-5-12(9-16(15)20)17-11-21(7-8-24-17)10-13-3-1-2-4-14(13)18(22)23/h1-6,9,17H,7-8,10-11H2,(H,22,23). The molecule has 0 spiro atoms. The molecule has 1 saturated heterocycles. The van der Waals surface area contributed by atoms with E-state index < -0.39 is 5.97 Å². The number of ether oxygens (including phenoxy) is 1. The van der Waals surface area contributed by atoms with E-state index in [0.29, 0.717) is 35.3 Å². The molecule has 4 nitrogen and oxygen atoms in total. The Labute approximate surface area is 150 Å². The van der Waals surface area contributed by atoms with Crippen LogP contribution < -0.4 is 0 Å². The summed E-state index contributed by atoms with van der Waals surface area (Å²) in [6.45, 7) is 2.58. The summed E-state index contributed by atoms with van der Waals surface area (Å²) in [5.41, 5.74) is 2.12. The first kappa shape index (κ1) is 17.2. The Morgan fingerprint density at radius 2 is 2.00 bits per heavy atom. The van der Waals surface area contributed by atoms with Gasteiger partial charge >= 0.3 is 5.97 Å². The zero-order valence-corrected chi connectivity index (χ0v) is 14.4. The molecule has 0 radical (unpaired) electrons. The topological polar surface area (TPSA) is 49.8 Å². The van der Waals surface area contributed by atoms with Gasteiger partial charge in [-0.05, 0) is 29.3 Å². The summed E-state index contributed by atoms with van der Waals surface area (Å²) in [6.07, 6.45) is -0.106.